The summed E-state index contributed by atoms with van der Waals surface area (Å²) in [6, 6.07) is 6.98. The van der Waals surface area contributed by atoms with Gasteiger partial charge in [-0.15, -0.1) is 0 Å². The fourth-order valence-corrected chi connectivity index (χ4v) is 2.76. The van der Waals surface area contributed by atoms with Gasteiger partial charge in [-0.2, -0.15) is 0 Å². The van der Waals surface area contributed by atoms with Crippen LogP contribution in [0.4, 0.5) is 5.95 Å². The largest absolute Gasteiger partial charge is 0.322 e. The van der Waals surface area contributed by atoms with Crippen LogP contribution in [0.25, 0.3) is 0 Å². The van der Waals surface area contributed by atoms with E-state index in [2.05, 4.69) is 10.3 Å². The normalized spacial score (nSPS) is 14.8. The molecule has 0 bridgehead atoms. The number of fused-ring (bicyclic) bond motifs is 1. The summed E-state index contributed by atoms with van der Waals surface area (Å²) in [5.41, 5.74) is 1.65. The molecule has 114 valence electrons. The van der Waals surface area contributed by atoms with Crippen LogP contribution in [-0.4, -0.2) is 32.3 Å². The summed E-state index contributed by atoms with van der Waals surface area (Å²) in [5, 5.41) is 2.78. The average molecular weight is 298 g/mol. The fraction of sp³-hybridized carbons (Fsp3) is 0.312. The SMILES string of the molecule is CCC(C(=O)Nc1nccn1C)N1Cc2ccccc2C1=O. The number of benzene rings is 1. The van der Waals surface area contributed by atoms with Gasteiger partial charge in [0.2, 0.25) is 11.9 Å². The van der Waals surface area contributed by atoms with Crippen molar-refractivity contribution in [3.05, 3.63) is 47.8 Å². The first-order valence-corrected chi connectivity index (χ1v) is 7.29. The van der Waals surface area contributed by atoms with Crippen LogP contribution < -0.4 is 5.32 Å². The van der Waals surface area contributed by atoms with E-state index in [1.807, 2.05) is 25.1 Å². The first kappa shape index (κ1) is 14.3. The Morgan fingerprint density at radius 1 is 1.41 bits per heavy atom. The molecule has 1 atom stereocenters. The minimum Gasteiger partial charge on any atom is -0.322 e. The van der Waals surface area contributed by atoms with Crippen molar-refractivity contribution in [3.8, 4) is 0 Å². The van der Waals surface area contributed by atoms with Crippen molar-refractivity contribution in [2.75, 3.05) is 5.32 Å². The molecule has 2 heterocycles. The summed E-state index contributed by atoms with van der Waals surface area (Å²) in [6.07, 6.45) is 3.93. The maximum atomic E-state index is 12.5. The van der Waals surface area contributed by atoms with Crippen LogP contribution in [0, 0.1) is 0 Å². The Morgan fingerprint density at radius 2 is 2.18 bits per heavy atom. The molecule has 6 heteroatoms. The number of amides is 2. The highest BCUT2D eigenvalue weighted by atomic mass is 16.2. The van der Waals surface area contributed by atoms with Gasteiger partial charge in [0.05, 0.1) is 0 Å². The molecule has 3 rings (SSSR count). The Hall–Kier alpha value is -2.63. The standard InChI is InChI=1S/C16H18N4O2/c1-3-13(14(21)18-16-17-8-9-19(16)2)20-10-11-6-4-5-7-12(11)15(20)22/h4-9,13H,3,10H2,1-2H3,(H,17,18,21). The summed E-state index contributed by atoms with van der Waals surface area (Å²) in [4.78, 5) is 30.7. The highest BCUT2D eigenvalue weighted by Crippen LogP contribution is 2.25. The molecule has 0 saturated heterocycles. The van der Waals surface area contributed by atoms with Crippen LogP contribution in [-0.2, 0) is 18.4 Å². The molecule has 1 aromatic heterocycles. The van der Waals surface area contributed by atoms with E-state index < -0.39 is 6.04 Å². The van der Waals surface area contributed by atoms with Gasteiger partial charge in [0.25, 0.3) is 5.91 Å². The summed E-state index contributed by atoms with van der Waals surface area (Å²) in [6.45, 7) is 2.38. The third-order valence-electron chi connectivity index (χ3n) is 3.97. The van der Waals surface area contributed by atoms with Crippen molar-refractivity contribution < 1.29 is 9.59 Å². The number of rotatable bonds is 4. The van der Waals surface area contributed by atoms with E-state index in [9.17, 15) is 9.59 Å². The van der Waals surface area contributed by atoms with Crippen LogP contribution in [0.1, 0.15) is 29.3 Å². The quantitative estimate of drug-likeness (QED) is 0.936. The summed E-state index contributed by atoms with van der Waals surface area (Å²) in [7, 11) is 1.81. The van der Waals surface area contributed by atoms with E-state index in [1.165, 1.54) is 0 Å². The maximum Gasteiger partial charge on any atom is 0.255 e. The zero-order valence-corrected chi connectivity index (χ0v) is 12.6. The van der Waals surface area contributed by atoms with Gasteiger partial charge in [0, 0.05) is 31.5 Å². The molecule has 0 radical (unpaired) electrons. The number of anilines is 1. The lowest BCUT2D eigenvalue weighted by molar-refractivity contribution is -0.120. The Labute approximate surface area is 128 Å². The number of aromatic nitrogens is 2. The van der Waals surface area contributed by atoms with Gasteiger partial charge >= 0.3 is 0 Å². The van der Waals surface area contributed by atoms with Gasteiger partial charge in [-0.25, -0.2) is 4.98 Å². The predicted octanol–water partition coefficient (Wildman–Crippen LogP) is 1.79. The zero-order valence-electron chi connectivity index (χ0n) is 12.6. The van der Waals surface area contributed by atoms with Crippen LogP contribution in [0.5, 0.6) is 0 Å². The monoisotopic (exact) mass is 298 g/mol. The first-order valence-electron chi connectivity index (χ1n) is 7.29. The molecule has 22 heavy (non-hydrogen) atoms. The van der Waals surface area contributed by atoms with E-state index >= 15 is 0 Å². The molecule has 1 unspecified atom stereocenters. The average Bonchev–Trinajstić information content (AvgIpc) is 3.06. The van der Waals surface area contributed by atoms with Crippen molar-refractivity contribution in [2.45, 2.75) is 25.9 Å². The molecule has 0 saturated carbocycles. The third kappa shape index (κ3) is 2.36. The van der Waals surface area contributed by atoms with Crippen molar-refractivity contribution in [3.63, 3.8) is 0 Å². The zero-order chi connectivity index (χ0) is 15.7. The number of hydrogen-bond donors (Lipinski definition) is 1. The molecule has 0 spiro atoms. The molecule has 0 fully saturated rings. The molecule has 1 aliphatic rings. The Morgan fingerprint density at radius 3 is 2.82 bits per heavy atom. The van der Waals surface area contributed by atoms with E-state index in [0.717, 1.165) is 5.56 Å². The topological polar surface area (TPSA) is 67.2 Å². The van der Waals surface area contributed by atoms with Gasteiger partial charge in [0.15, 0.2) is 0 Å². The lowest BCUT2D eigenvalue weighted by Crippen LogP contribution is -2.44. The molecule has 2 amide bonds. The maximum absolute atomic E-state index is 12.5. The van der Waals surface area contributed by atoms with Crippen LogP contribution in [0.2, 0.25) is 0 Å². The van der Waals surface area contributed by atoms with E-state index in [1.54, 1.807) is 35.0 Å². The smallest absolute Gasteiger partial charge is 0.255 e. The Balaban J connectivity index is 1.79. The molecule has 2 aromatic rings. The minimum absolute atomic E-state index is 0.0857. The molecule has 1 aliphatic heterocycles. The number of hydrogen-bond acceptors (Lipinski definition) is 3. The van der Waals surface area contributed by atoms with Gasteiger partial charge in [-0.3, -0.25) is 14.9 Å². The second-order valence-electron chi connectivity index (χ2n) is 5.37. The summed E-state index contributed by atoms with van der Waals surface area (Å²) >= 11 is 0. The van der Waals surface area contributed by atoms with Crippen LogP contribution in [0.15, 0.2) is 36.7 Å². The number of aryl methyl sites for hydroxylation is 1. The molecular weight excluding hydrogens is 280 g/mol. The van der Waals surface area contributed by atoms with Gasteiger partial charge in [0.1, 0.15) is 6.04 Å². The molecular formula is C16H18N4O2. The van der Waals surface area contributed by atoms with Gasteiger partial charge in [-0.1, -0.05) is 25.1 Å². The number of carbonyl (C=O) groups is 2. The highest BCUT2D eigenvalue weighted by molar-refractivity contribution is 6.03. The second kappa shape index (κ2) is 5.63. The van der Waals surface area contributed by atoms with Crippen LogP contribution in [0.3, 0.4) is 0 Å². The number of nitrogens with one attached hydrogen (secondary N) is 1. The summed E-state index contributed by atoms with van der Waals surface area (Å²) < 4.78 is 1.73. The van der Waals surface area contributed by atoms with Gasteiger partial charge in [-0.05, 0) is 18.1 Å². The van der Waals surface area contributed by atoms with Crippen molar-refractivity contribution in [2.24, 2.45) is 7.05 Å². The predicted molar refractivity (Wildman–Crippen MR) is 82.2 cm³/mol. The first-order chi connectivity index (χ1) is 10.6. The summed E-state index contributed by atoms with van der Waals surface area (Å²) in [5.74, 6) is 0.183. The van der Waals surface area contributed by atoms with Crippen molar-refractivity contribution in [1.29, 1.82) is 0 Å². The molecule has 1 N–H and O–H groups in total. The van der Waals surface area contributed by atoms with E-state index in [-0.39, 0.29) is 11.8 Å². The van der Waals surface area contributed by atoms with E-state index in [0.29, 0.717) is 24.5 Å². The lowest BCUT2D eigenvalue weighted by Gasteiger charge is -2.25. The number of carbonyl (C=O) groups excluding carboxylic acids is 2. The Kier molecular flexibility index (Phi) is 3.66. The highest BCUT2D eigenvalue weighted by Gasteiger charge is 2.35. The van der Waals surface area contributed by atoms with Gasteiger partial charge < -0.3 is 9.47 Å². The minimum atomic E-state index is -0.503. The molecule has 0 aliphatic carbocycles. The van der Waals surface area contributed by atoms with Crippen molar-refractivity contribution >= 4 is 17.8 Å². The number of nitrogens with zero attached hydrogens (tertiary/aromatic N) is 3. The molecule has 1 aromatic carbocycles. The van der Waals surface area contributed by atoms with E-state index in [4.69, 9.17) is 0 Å². The molecule has 6 nitrogen and oxygen atoms in total. The van der Waals surface area contributed by atoms with Crippen LogP contribution >= 0.6 is 0 Å². The second-order valence-corrected chi connectivity index (χ2v) is 5.37. The Bertz CT molecular complexity index is 722. The lowest BCUT2D eigenvalue weighted by atomic mass is 10.1. The third-order valence-corrected chi connectivity index (χ3v) is 3.97. The van der Waals surface area contributed by atoms with Crippen molar-refractivity contribution in [1.82, 2.24) is 14.5 Å². The number of imidazole rings is 1. The fourth-order valence-electron chi connectivity index (χ4n) is 2.76.